The zero-order chi connectivity index (χ0) is 29.1. The lowest BCUT2D eigenvalue weighted by Crippen LogP contribution is -2.46. The molecule has 3 atom stereocenters. The van der Waals surface area contributed by atoms with Gasteiger partial charge in [-0.15, -0.1) is 10.2 Å². The third-order valence-electron chi connectivity index (χ3n) is 9.25. The number of hydrogen-bond acceptors (Lipinski definition) is 8. The fraction of sp³-hybridized carbons (Fsp3) is 0.375. The molecule has 11 nitrogen and oxygen atoms in total. The van der Waals surface area contributed by atoms with E-state index < -0.39 is 0 Å². The van der Waals surface area contributed by atoms with Gasteiger partial charge in [0.1, 0.15) is 17.9 Å². The molecule has 0 radical (unpaired) electrons. The lowest BCUT2D eigenvalue weighted by molar-refractivity contribution is 0.0557. The van der Waals surface area contributed by atoms with Crippen molar-refractivity contribution in [2.75, 3.05) is 12.3 Å². The second-order valence-electron chi connectivity index (χ2n) is 11.9. The lowest BCUT2D eigenvalue weighted by atomic mass is 9.85. The van der Waals surface area contributed by atoms with Gasteiger partial charge in [-0.1, -0.05) is 6.07 Å². The first-order valence-corrected chi connectivity index (χ1v) is 15.1. The number of pyridine rings is 1. The lowest BCUT2D eigenvalue weighted by Gasteiger charge is -2.39. The summed E-state index contributed by atoms with van der Waals surface area (Å²) in [6.45, 7) is 2.61. The summed E-state index contributed by atoms with van der Waals surface area (Å²) < 4.78 is 7.37. The molecule has 8 rings (SSSR count). The molecule has 2 bridgehead atoms. The van der Waals surface area contributed by atoms with E-state index >= 15 is 0 Å². The van der Waals surface area contributed by atoms with Crippen LogP contribution in [-0.4, -0.2) is 64.3 Å². The Morgan fingerprint density at radius 3 is 2.42 bits per heavy atom. The standard InChI is InChI=1S/C32H33N9O2/c1-2-43-24-10-5-18(6-11-24)26-12-7-20(15-34-26)25-16-37-41-29(33)27(19-3-4-19)28(38-31(25)41)21-13-22-8-9-23(14-21)40(22)32(42)30-35-17-36-39-30/h5-7,10-12,15-17,19,21-23H,2-4,8-9,13-14,33H2,1H3,(H,35,36,39)/t21-,22-,23+. The Morgan fingerprint density at radius 1 is 1.00 bits per heavy atom. The van der Waals surface area contributed by atoms with Crippen molar-refractivity contribution in [2.45, 2.75) is 69.4 Å². The van der Waals surface area contributed by atoms with E-state index in [1.54, 1.807) is 4.52 Å². The predicted octanol–water partition coefficient (Wildman–Crippen LogP) is 4.99. The number of aromatic nitrogens is 7. The second kappa shape index (κ2) is 10.2. The smallest absolute Gasteiger partial charge is 0.292 e. The van der Waals surface area contributed by atoms with Crippen molar-refractivity contribution in [1.82, 2.24) is 39.7 Å². The number of nitrogens with two attached hydrogens (primary N) is 1. The Kier molecular flexibility index (Phi) is 6.13. The van der Waals surface area contributed by atoms with Crippen LogP contribution in [0.5, 0.6) is 5.75 Å². The topological polar surface area (TPSA) is 140 Å². The number of amides is 1. The van der Waals surface area contributed by atoms with Gasteiger partial charge in [-0.3, -0.25) is 9.78 Å². The first-order chi connectivity index (χ1) is 21.1. The average Bonchev–Trinajstić information content (AvgIpc) is 3.41. The number of ether oxygens (including phenoxy) is 1. The Balaban J connectivity index is 1.12. The van der Waals surface area contributed by atoms with E-state index in [0.717, 1.165) is 83.6 Å². The van der Waals surface area contributed by atoms with Crippen molar-refractivity contribution in [1.29, 1.82) is 0 Å². The van der Waals surface area contributed by atoms with Crippen LogP contribution in [0.15, 0.2) is 55.1 Å². The summed E-state index contributed by atoms with van der Waals surface area (Å²) in [7, 11) is 0. The largest absolute Gasteiger partial charge is 0.494 e. The Hall–Kier alpha value is -4.80. The number of fused-ring (bicyclic) bond motifs is 3. The molecule has 3 N–H and O–H groups in total. The Bertz CT molecular complexity index is 1780. The monoisotopic (exact) mass is 575 g/mol. The van der Waals surface area contributed by atoms with Crippen molar-refractivity contribution >= 4 is 17.4 Å². The number of H-pyrrole nitrogens is 1. The highest BCUT2D eigenvalue weighted by molar-refractivity contribution is 5.91. The molecule has 0 unspecified atom stereocenters. The molecule has 11 heteroatoms. The van der Waals surface area contributed by atoms with Gasteiger partial charge in [0.15, 0.2) is 5.65 Å². The van der Waals surface area contributed by atoms with Crippen LogP contribution in [0.2, 0.25) is 0 Å². The van der Waals surface area contributed by atoms with Crippen LogP contribution in [0.1, 0.15) is 79.2 Å². The quantitative estimate of drug-likeness (QED) is 0.277. The van der Waals surface area contributed by atoms with E-state index in [1.807, 2.05) is 54.5 Å². The maximum atomic E-state index is 13.2. The molecule has 5 aromatic rings. The van der Waals surface area contributed by atoms with Gasteiger partial charge >= 0.3 is 0 Å². The summed E-state index contributed by atoms with van der Waals surface area (Å²) in [5, 5.41) is 12.5. The summed E-state index contributed by atoms with van der Waals surface area (Å²) in [4.78, 5) is 28.2. The number of nitrogens with zero attached hydrogens (tertiary/aromatic N) is 7. The number of piperidine rings is 1. The molecule has 2 saturated heterocycles. The summed E-state index contributed by atoms with van der Waals surface area (Å²) in [6, 6.07) is 12.4. The van der Waals surface area contributed by atoms with Crippen LogP contribution in [0.4, 0.5) is 5.82 Å². The molecule has 1 aliphatic carbocycles. The van der Waals surface area contributed by atoms with Crippen LogP contribution in [0, 0.1) is 0 Å². The average molecular weight is 576 g/mol. The number of carbonyl (C=O) groups is 1. The number of hydrogen-bond donors (Lipinski definition) is 2. The van der Waals surface area contributed by atoms with Gasteiger partial charge in [-0.25, -0.2) is 4.98 Å². The fourth-order valence-corrected chi connectivity index (χ4v) is 7.13. The minimum absolute atomic E-state index is 0.0620. The maximum absolute atomic E-state index is 13.2. The third-order valence-corrected chi connectivity index (χ3v) is 9.25. The number of rotatable bonds is 7. The minimum Gasteiger partial charge on any atom is -0.494 e. The molecular weight excluding hydrogens is 542 g/mol. The molecule has 1 amide bonds. The molecule has 1 aromatic carbocycles. The van der Waals surface area contributed by atoms with E-state index in [1.165, 1.54) is 6.33 Å². The predicted molar refractivity (Wildman–Crippen MR) is 161 cm³/mol. The van der Waals surface area contributed by atoms with Gasteiger partial charge in [0.2, 0.25) is 5.82 Å². The Morgan fingerprint density at radius 2 is 1.77 bits per heavy atom. The zero-order valence-corrected chi connectivity index (χ0v) is 24.0. The summed E-state index contributed by atoms with van der Waals surface area (Å²) in [6.07, 6.45) is 11.1. The number of nitrogens with one attached hydrogen (secondary N) is 1. The first kappa shape index (κ1) is 25.9. The second-order valence-corrected chi connectivity index (χ2v) is 11.9. The van der Waals surface area contributed by atoms with E-state index in [0.29, 0.717) is 24.2 Å². The normalized spacial score (nSPS) is 21.4. The number of nitrogen functional groups attached to an aromatic ring is 1. The van der Waals surface area contributed by atoms with Crippen LogP contribution in [0.25, 0.3) is 28.0 Å². The van der Waals surface area contributed by atoms with Gasteiger partial charge in [0.25, 0.3) is 5.91 Å². The van der Waals surface area contributed by atoms with Crippen molar-refractivity contribution in [3.05, 3.63) is 72.2 Å². The van der Waals surface area contributed by atoms with Crippen molar-refractivity contribution < 1.29 is 9.53 Å². The van der Waals surface area contributed by atoms with E-state index in [2.05, 4.69) is 26.3 Å². The highest BCUT2D eigenvalue weighted by Gasteiger charge is 2.46. The highest BCUT2D eigenvalue weighted by Crippen LogP contribution is 2.50. The third kappa shape index (κ3) is 4.41. The summed E-state index contributed by atoms with van der Waals surface area (Å²) in [5.74, 6) is 2.42. The molecule has 3 aliphatic rings. The molecule has 6 heterocycles. The van der Waals surface area contributed by atoms with Crippen LogP contribution < -0.4 is 10.5 Å². The molecule has 218 valence electrons. The SMILES string of the molecule is CCOc1ccc(-c2ccc(-c3cnn4c(N)c(C5CC5)c([C@@H]5C[C@H]6CC[C@@H](C5)N6C(=O)c5nnc[nH]5)nc34)cn2)cc1. The zero-order valence-electron chi connectivity index (χ0n) is 24.0. The number of aromatic amines is 1. The van der Waals surface area contributed by atoms with E-state index in [9.17, 15) is 4.79 Å². The van der Waals surface area contributed by atoms with Gasteiger partial charge in [-0.2, -0.15) is 9.61 Å². The number of carbonyl (C=O) groups excluding carboxylic acids is 1. The van der Waals surface area contributed by atoms with Crippen LogP contribution in [0.3, 0.4) is 0 Å². The number of anilines is 1. The van der Waals surface area contributed by atoms with E-state index in [-0.39, 0.29) is 23.9 Å². The van der Waals surface area contributed by atoms with Crippen molar-refractivity contribution in [3.8, 4) is 28.1 Å². The van der Waals surface area contributed by atoms with Gasteiger partial charge in [-0.05, 0) is 81.7 Å². The molecule has 1 saturated carbocycles. The van der Waals surface area contributed by atoms with Gasteiger partial charge in [0, 0.05) is 46.5 Å². The fourth-order valence-electron chi connectivity index (χ4n) is 7.13. The van der Waals surface area contributed by atoms with Crippen molar-refractivity contribution in [3.63, 3.8) is 0 Å². The minimum atomic E-state index is -0.0620. The molecule has 3 fully saturated rings. The highest BCUT2D eigenvalue weighted by atomic mass is 16.5. The van der Waals surface area contributed by atoms with E-state index in [4.69, 9.17) is 20.4 Å². The van der Waals surface area contributed by atoms with Crippen LogP contribution in [-0.2, 0) is 0 Å². The molecule has 0 spiro atoms. The van der Waals surface area contributed by atoms with Crippen LogP contribution >= 0.6 is 0 Å². The summed E-state index contributed by atoms with van der Waals surface area (Å²) in [5.41, 5.74) is 13.6. The summed E-state index contributed by atoms with van der Waals surface area (Å²) >= 11 is 0. The number of benzene rings is 1. The van der Waals surface area contributed by atoms with Gasteiger partial charge in [0.05, 0.1) is 24.2 Å². The molecule has 2 aliphatic heterocycles. The molecule has 43 heavy (non-hydrogen) atoms. The van der Waals surface area contributed by atoms with Gasteiger partial charge < -0.3 is 20.4 Å². The molecule has 4 aromatic heterocycles. The maximum Gasteiger partial charge on any atom is 0.292 e. The van der Waals surface area contributed by atoms with Crippen molar-refractivity contribution in [2.24, 2.45) is 0 Å². The molecular formula is C32H33N9O2. The Labute approximate surface area is 248 Å². The first-order valence-electron chi connectivity index (χ1n) is 15.1.